The van der Waals surface area contributed by atoms with Crippen molar-refractivity contribution in [2.45, 2.75) is 45.6 Å². The van der Waals surface area contributed by atoms with Gasteiger partial charge in [0.2, 0.25) is 5.88 Å². The molecule has 3 atom stereocenters. The normalized spacial score (nSPS) is 27.8. The number of nitrogens with two attached hydrogens (primary N) is 1. The maximum absolute atomic E-state index is 11.0. The van der Waals surface area contributed by atoms with Crippen molar-refractivity contribution in [1.29, 1.82) is 0 Å². The molecule has 1 aliphatic rings. The number of ether oxygens (including phenoxy) is 1. The van der Waals surface area contributed by atoms with Crippen molar-refractivity contribution in [1.82, 2.24) is 9.78 Å². The number of aliphatic hydroxyl groups is 1. The van der Waals surface area contributed by atoms with E-state index in [0.717, 1.165) is 36.9 Å². The average molecular weight is 281 g/mol. The summed E-state index contributed by atoms with van der Waals surface area (Å²) in [6.45, 7) is 4.62. The number of hydrogen-bond acceptors (Lipinski definition) is 4. The Morgan fingerprint density at radius 1 is 1.60 bits per heavy atom. The Morgan fingerprint density at radius 2 is 2.30 bits per heavy atom. The van der Waals surface area contributed by atoms with Crippen LogP contribution < -0.4 is 10.5 Å². The van der Waals surface area contributed by atoms with E-state index in [4.69, 9.17) is 10.5 Å². The molecule has 0 amide bonds. The molecule has 2 rings (SSSR count). The zero-order valence-electron chi connectivity index (χ0n) is 13.0. The van der Waals surface area contributed by atoms with Gasteiger partial charge in [-0.1, -0.05) is 13.3 Å². The summed E-state index contributed by atoms with van der Waals surface area (Å²) in [5, 5.41) is 15.3. The second kappa shape index (κ2) is 5.74. The Bertz CT molecular complexity index is 472. The Hall–Kier alpha value is -1.07. The second-order valence-electron chi connectivity index (χ2n) is 6.12. The molecule has 0 aromatic carbocycles. The molecule has 1 aromatic heterocycles. The molecule has 1 fully saturated rings. The van der Waals surface area contributed by atoms with Crippen LogP contribution in [0.15, 0.2) is 0 Å². The second-order valence-corrected chi connectivity index (χ2v) is 6.12. The molecule has 5 heteroatoms. The zero-order chi connectivity index (χ0) is 14.9. The van der Waals surface area contributed by atoms with Gasteiger partial charge in [-0.05, 0) is 32.1 Å². The van der Waals surface area contributed by atoms with Crippen LogP contribution in [0.25, 0.3) is 0 Å². The Labute approximate surface area is 121 Å². The topological polar surface area (TPSA) is 73.3 Å². The van der Waals surface area contributed by atoms with Gasteiger partial charge in [0.15, 0.2) is 0 Å². The monoisotopic (exact) mass is 281 g/mol. The summed E-state index contributed by atoms with van der Waals surface area (Å²) in [6.07, 6.45) is 3.65. The van der Waals surface area contributed by atoms with E-state index in [0.29, 0.717) is 18.3 Å². The largest absolute Gasteiger partial charge is 0.481 e. The molecular weight excluding hydrogens is 254 g/mol. The SMILES string of the molecule is CCC1CCC(CN)(C(O)c2c(C)nn(C)c2OC)C1. The van der Waals surface area contributed by atoms with Crippen LogP contribution >= 0.6 is 0 Å². The van der Waals surface area contributed by atoms with Gasteiger partial charge in [-0.2, -0.15) is 5.10 Å². The molecular formula is C15H27N3O2. The van der Waals surface area contributed by atoms with Crippen LogP contribution in [0.5, 0.6) is 5.88 Å². The van der Waals surface area contributed by atoms with E-state index in [-0.39, 0.29) is 5.41 Å². The number of methoxy groups -OCH3 is 1. The van der Waals surface area contributed by atoms with E-state index >= 15 is 0 Å². The zero-order valence-corrected chi connectivity index (χ0v) is 13.0. The molecule has 0 spiro atoms. The standard InChI is InChI=1S/C15H27N3O2/c1-5-11-6-7-15(8-11,9-16)13(19)12-10(2)17-18(3)14(12)20-4/h11,13,19H,5-9,16H2,1-4H3. The highest BCUT2D eigenvalue weighted by molar-refractivity contribution is 5.35. The number of rotatable bonds is 5. The molecule has 114 valence electrons. The summed E-state index contributed by atoms with van der Waals surface area (Å²) >= 11 is 0. The fraction of sp³-hybridized carbons (Fsp3) is 0.800. The molecule has 1 aliphatic carbocycles. The van der Waals surface area contributed by atoms with Crippen molar-refractivity contribution in [2.75, 3.05) is 13.7 Å². The highest BCUT2D eigenvalue weighted by Crippen LogP contribution is 2.52. The molecule has 5 nitrogen and oxygen atoms in total. The van der Waals surface area contributed by atoms with Gasteiger partial charge in [-0.3, -0.25) is 0 Å². The first kappa shape index (κ1) is 15.3. The molecule has 0 bridgehead atoms. The van der Waals surface area contributed by atoms with Crippen molar-refractivity contribution >= 4 is 0 Å². The average Bonchev–Trinajstić information content (AvgIpc) is 2.99. The molecule has 0 radical (unpaired) electrons. The van der Waals surface area contributed by atoms with Gasteiger partial charge in [0, 0.05) is 19.0 Å². The molecule has 1 heterocycles. The fourth-order valence-corrected chi connectivity index (χ4v) is 3.68. The van der Waals surface area contributed by atoms with Gasteiger partial charge < -0.3 is 15.6 Å². The molecule has 0 saturated heterocycles. The van der Waals surface area contributed by atoms with Gasteiger partial charge in [0.1, 0.15) is 0 Å². The van der Waals surface area contributed by atoms with Gasteiger partial charge in [0.05, 0.1) is 24.5 Å². The smallest absolute Gasteiger partial charge is 0.217 e. The first-order chi connectivity index (χ1) is 9.49. The molecule has 20 heavy (non-hydrogen) atoms. The van der Waals surface area contributed by atoms with Crippen LogP contribution in [0.1, 0.15) is 50.0 Å². The maximum atomic E-state index is 11.0. The van der Waals surface area contributed by atoms with E-state index in [2.05, 4.69) is 12.0 Å². The van der Waals surface area contributed by atoms with Crippen LogP contribution in [-0.2, 0) is 7.05 Å². The highest BCUT2D eigenvalue weighted by Gasteiger charge is 2.45. The molecule has 0 aliphatic heterocycles. The third kappa shape index (κ3) is 2.33. The van der Waals surface area contributed by atoms with Crippen LogP contribution in [0, 0.1) is 18.3 Å². The van der Waals surface area contributed by atoms with Crippen LogP contribution in [0.3, 0.4) is 0 Å². The Morgan fingerprint density at radius 3 is 2.80 bits per heavy atom. The summed E-state index contributed by atoms with van der Waals surface area (Å²) in [6, 6.07) is 0. The first-order valence-electron chi connectivity index (χ1n) is 7.44. The quantitative estimate of drug-likeness (QED) is 0.865. The summed E-state index contributed by atoms with van der Waals surface area (Å²) in [4.78, 5) is 0. The molecule has 1 saturated carbocycles. The van der Waals surface area contributed by atoms with Gasteiger partial charge in [-0.15, -0.1) is 0 Å². The van der Waals surface area contributed by atoms with E-state index in [1.54, 1.807) is 11.8 Å². The third-order valence-corrected chi connectivity index (χ3v) is 4.99. The van der Waals surface area contributed by atoms with Crippen molar-refractivity contribution in [3.63, 3.8) is 0 Å². The Balaban J connectivity index is 2.37. The predicted octanol–water partition coefficient (Wildman–Crippen LogP) is 1.93. The van der Waals surface area contributed by atoms with Crippen molar-refractivity contribution in [2.24, 2.45) is 24.1 Å². The third-order valence-electron chi connectivity index (χ3n) is 4.99. The number of aromatic nitrogens is 2. The van der Waals surface area contributed by atoms with Crippen LogP contribution in [0.2, 0.25) is 0 Å². The lowest BCUT2D eigenvalue weighted by Crippen LogP contribution is -2.35. The number of aryl methyl sites for hydroxylation is 2. The number of nitrogens with zero attached hydrogens (tertiary/aromatic N) is 2. The summed E-state index contributed by atoms with van der Waals surface area (Å²) in [5.41, 5.74) is 7.44. The lowest BCUT2D eigenvalue weighted by Gasteiger charge is -2.33. The van der Waals surface area contributed by atoms with Crippen molar-refractivity contribution < 1.29 is 9.84 Å². The molecule has 1 aromatic rings. The van der Waals surface area contributed by atoms with E-state index in [1.165, 1.54) is 0 Å². The summed E-state index contributed by atoms with van der Waals surface area (Å²) < 4.78 is 7.10. The first-order valence-corrected chi connectivity index (χ1v) is 7.44. The van der Waals surface area contributed by atoms with Crippen LogP contribution in [-0.4, -0.2) is 28.5 Å². The highest BCUT2D eigenvalue weighted by atomic mass is 16.5. The van der Waals surface area contributed by atoms with Gasteiger partial charge >= 0.3 is 0 Å². The van der Waals surface area contributed by atoms with Crippen molar-refractivity contribution in [3.8, 4) is 5.88 Å². The minimum atomic E-state index is -0.604. The summed E-state index contributed by atoms with van der Waals surface area (Å²) in [7, 11) is 3.45. The lowest BCUT2D eigenvalue weighted by molar-refractivity contribution is 0.0277. The minimum absolute atomic E-state index is 0.234. The fourth-order valence-electron chi connectivity index (χ4n) is 3.68. The minimum Gasteiger partial charge on any atom is -0.481 e. The maximum Gasteiger partial charge on any atom is 0.217 e. The Kier molecular flexibility index (Phi) is 4.39. The number of aliphatic hydroxyl groups excluding tert-OH is 1. The number of hydrogen-bond donors (Lipinski definition) is 2. The predicted molar refractivity (Wildman–Crippen MR) is 78.6 cm³/mol. The lowest BCUT2D eigenvalue weighted by atomic mass is 9.76. The summed E-state index contributed by atoms with van der Waals surface area (Å²) in [5.74, 6) is 1.30. The molecule has 3 N–H and O–H groups in total. The van der Waals surface area contributed by atoms with Crippen LogP contribution in [0.4, 0.5) is 0 Å². The van der Waals surface area contributed by atoms with Crippen molar-refractivity contribution in [3.05, 3.63) is 11.3 Å². The van der Waals surface area contributed by atoms with Gasteiger partial charge in [-0.25, -0.2) is 4.68 Å². The van der Waals surface area contributed by atoms with E-state index in [9.17, 15) is 5.11 Å². The van der Waals surface area contributed by atoms with E-state index < -0.39 is 6.10 Å². The molecule has 3 unspecified atom stereocenters. The van der Waals surface area contributed by atoms with Gasteiger partial charge in [0.25, 0.3) is 0 Å². The van der Waals surface area contributed by atoms with E-state index in [1.807, 2.05) is 14.0 Å².